The maximum Gasteiger partial charge on any atom is 0.310 e. The standard InChI is InChI=1S/C21H22N2O5/c1-27-18-9-7-15(8-10-18)12-21(26)28-14-19(24)22-16-4-2-5-17(13-16)23-11-3-6-20(23)25/h2,4-5,7-10,13H,3,6,11-12,14H2,1H3,(H,22,24). The number of nitrogens with zero attached hydrogens (tertiary/aromatic N) is 1. The third-order valence-corrected chi connectivity index (χ3v) is 4.39. The summed E-state index contributed by atoms with van der Waals surface area (Å²) in [7, 11) is 1.57. The van der Waals surface area contributed by atoms with Gasteiger partial charge in [-0.25, -0.2) is 0 Å². The van der Waals surface area contributed by atoms with Crippen LogP contribution in [0.2, 0.25) is 0 Å². The average Bonchev–Trinajstić information content (AvgIpc) is 3.13. The Bertz CT molecular complexity index is 863. The van der Waals surface area contributed by atoms with Gasteiger partial charge in [-0.2, -0.15) is 0 Å². The van der Waals surface area contributed by atoms with Crippen molar-refractivity contribution in [1.82, 2.24) is 0 Å². The molecule has 0 radical (unpaired) electrons. The van der Waals surface area contributed by atoms with Crippen LogP contribution in [0.25, 0.3) is 0 Å². The highest BCUT2D eigenvalue weighted by Gasteiger charge is 2.21. The van der Waals surface area contributed by atoms with E-state index in [1.54, 1.807) is 54.5 Å². The SMILES string of the molecule is COc1ccc(CC(=O)OCC(=O)Nc2cccc(N3CCCC3=O)c2)cc1. The summed E-state index contributed by atoms with van der Waals surface area (Å²) in [6.45, 7) is 0.307. The molecule has 0 unspecified atom stereocenters. The Kier molecular flexibility index (Phi) is 6.26. The minimum atomic E-state index is -0.489. The van der Waals surface area contributed by atoms with E-state index in [9.17, 15) is 14.4 Å². The minimum absolute atomic E-state index is 0.0732. The van der Waals surface area contributed by atoms with Gasteiger partial charge in [0.15, 0.2) is 6.61 Å². The summed E-state index contributed by atoms with van der Waals surface area (Å²) in [5.74, 6) is -0.144. The average molecular weight is 382 g/mol. The van der Waals surface area contributed by atoms with Crippen molar-refractivity contribution in [3.8, 4) is 5.75 Å². The monoisotopic (exact) mass is 382 g/mol. The number of anilines is 2. The van der Waals surface area contributed by atoms with Gasteiger partial charge >= 0.3 is 5.97 Å². The van der Waals surface area contributed by atoms with E-state index < -0.39 is 11.9 Å². The van der Waals surface area contributed by atoms with Crippen molar-refractivity contribution >= 4 is 29.2 Å². The van der Waals surface area contributed by atoms with E-state index in [2.05, 4.69) is 5.32 Å². The summed E-state index contributed by atoms with van der Waals surface area (Å²) >= 11 is 0. The zero-order chi connectivity index (χ0) is 19.9. The summed E-state index contributed by atoms with van der Waals surface area (Å²) < 4.78 is 10.1. The molecule has 7 nitrogen and oxygen atoms in total. The molecule has 1 aliphatic heterocycles. The van der Waals surface area contributed by atoms with Crippen LogP contribution in [-0.4, -0.2) is 38.0 Å². The Labute approximate surface area is 163 Å². The first kappa shape index (κ1) is 19.4. The van der Waals surface area contributed by atoms with Crippen LogP contribution in [0.5, 0.6) is 5.75 Å². The van der Waals surface area contributed by atoms with Gasteiger partial charge in [-0.05, 0) is 42.3 Å². The molecule has 28 heavy (non-hydrogen) atoms. The van der Waals surface area contributed by atoms with Crippen LogP contribution in [0.15, 0.2) is 48.5 Å². The second-order valence-electron chi connectivity index (χ2n) is 6.43. The zero-order valence-corrected chi connectivity index (χ0v) is 15.6. The van der Waals surface area contributed by atoms with E-state index in [0.29, 0.717) is 24.4 Å². The van der Waals surface area contributed by atoms with Crippen LogP contribution in [0, 0.1) is 0 Å². The van der Waals surface area contributed by atoms with Crippen LogP contribution in [0.4, 0.5) is 11.4 Å². The van der Waals surface area contributed by atoms with Crippen LogP contribution < -0.4 is 15.0 Å². The van der Waals surface area contributed by atoms with Crippen LogP contribution in [0.1, 0.15) is 18.4 Å². The lowest BCUT2D eigenvalue weighted by Gasteiger charge is -2.16. The van der Waals surface area contributed by atoms with Gasteiger partial charge in [0.25, 0.3) is 5.91 Å². The van der Waals surface area contributed by atoms with Gasteiger partial charge in [0.1, 0.15) is 5.75 Å². The molecule has 2 aromatic rings. The van der Waals surface area contributed by atoms with Gasteiger partial charge < -0.3 is 19.7 Å². The second-order valence-corrected chi connectivity index (χ2v) is 6.43. The number of hydrogen-bond donors (Lipinski definition) is 1. The Hall–Kier alpha value is -3.35. The molecule has 0 bridgehead atoms. The number of amides is 2. The summed E-state index contributed by atoms with van der Waals surface area (Å²) in [6.07, 6.45) is 1.45. The molecule has 146 valence electrons. The molecule has 1 fully saturated rings. The van der Waals surface area contributed by atoms with Crippen molar-refractivity contribution in [2.75, 3.05) is 30.5 Å². The van der Waals surface area contributed by atoms with Crippen molar-refractivity contribution in [3.63, 3.8) is 0 Å². The molecule has 3 rings (SSSR count). The highest BCUT2D eigenvalue weighted by Crippen LogP contribution is 2.24. The highest BCUT2D eigenvalue weighted by atomic mass is 16.5. The number of rotatable bonds is 7. The van der Waals surface area contributed by atoms with E-state index >= 15 is 0 Å². The summed E-state index contributed by atoms with van der Waals surface area (Å²) in [4.78, 5) is 37.5. The molecule has 1 aliphatic rings. The van der Waals surface area contributed by atoms with Crippen molar-refractivity contribution in [1.29, 1.82) is 0 Å². The maximum absolute atomic E-state index is 12.1. The highest BCUT2D eigenvalue weighted by molar-refractivity contribution is 5.97. The lowest BCUT2D eigenvalue weighted by Crippen LogP contribution is -2.24. The molecule has 7 heteroatoms. The number of nitrogens with one attached hydrogen (secondary N) is 1. The number of methoxy groups -OCH3 is 1. The van der Waals surface area contributed by atoms with Gasteiger partial charge in [0, 0.05) is 24.3 Å². The Balaban J connectivity index is 1.48. The molecule has 1 heterocycles. The molecule has 0 atom stereocenters. The van der Waals surface area contributed by atoms with Crippen molar-refractivity contribution in [2.45, 2.75) is 19.3 Å². The lowest BCUT2D eigenvalue weighted by atomic mass is 10.1. The Morgan fingerprint density at radius 1 is 1.14 bits per heavy atom. The minimum Gasteiger partial charge on any atom is -0.497 e. The largest absolute Gasteiger partial charge is 0.497 e. The first-order chi connectivity index (χ1) is 13.5. The Morgan fingerprint density at radius 3 is 2.61 bits per heavy atom. The number of hydrogen-bond acceptors (Lipinski definition) is 5. The van der Waals surface area contributed by atoms with E-state index in [0.717, 1.165) is 17.7 Å². The summed E-state index contributed by atoms with van der Waals surface area (Å²) in [5, 5.41) is 2.68. The molecule has 0 saturated carbocycles. The van der Waals surface area contributed by atoms with Gasteiger partial charge in [-0.1, -0.05) is 18.2 Å². The number of benzene rings is 2. The van der Waals surface area contributed by atoms with Crippen molar-refractivity contribution in [3.05, 3.63) is 54.1 Å². The molecule has 2 aromatic carbocycles. The fraction of sp³-hybridized carbons (Fsp3) is 0.286. The molecule has 0 aliphatic carbocycles. The van der Waals surface area contributed by atoms with E-state index in [1.165, 1.54) is 0 Å². The molecule has 1 N–H and O–H groups in total. The van der Waals surface area contributed by atoms with Crippen LogP contribution in [-0.2, 0) is 25.5 Å². The number of esters is 1. The van der Waals surface area contributed by atoms with Crippen LogP contribution in [0.3, 0.4) is 0 Å². The first-order valence-corrected chi connectivity index (χ1v) is 9.04. The smallest absolute Gasteiger partial charge is 0.310 e. The summed E-state index contributed by atoms with van der Waals surface area (Å²) in [6, 6.07) is 14.1. The van der Waals surface area contributed by atoms with Gasteiger partial charge in [-0.3, -0.25) is 14.4 Å². The van der Waals surface area contributed by atoms with Gasteiger partial charge in [0.05, 0.1) is 13.5 Å². The van der Waals surface area contributed by atoms with Gasteiger partial charge in [-0.15, -0.1) is 0 Å². The number of ether oxygens (including phenoxy) is 2. The Morgan fingerprint density at radius 2 is 1.93 bits per heavy atom. The first-order valence-electron chi connectivity index (χ1n) is 9.04. The summed E-state index contributed by atoms with van der Waals surface area (Å²) in [5.41, 5.74) is 2.07. The van der Waals surface area contributed by atoms with E-state index in [4.69, 9.17) is 9.47 Å². The van der Waals surface area contributed by atoms with E-state index in [-0.39, 0.29) is 18.9 Å². The fourth-order valence-corrected chi connectivity index (χ4v) is 2.98. The predicted octanol–water partition coefficient (Wildman–Crippen LogP) is 2.55. The van der Waals surface area contributed by atoms with Crippen molar-refractivity contribution < 1.29 is 23.9 Å². The van der Waals surface area contributed by atoms with E-state index in [1.807, 2.05) is 6.07 Å². The topological polar surface area (TPSA) is 84.9 Å². The molecule has 2 amide bonds. The fourth-order valence-electron chi connectivity index (χ4n) is 2.98. The number of carbonyl (C=O) groups excluding carboxylic acids is 3. The lowest BCUT2D eigenvalue weighted by molar-refractivity contribution is -0.146. The second kappa shape index (κ2) is 9.03. The molecule has 0 spiro atoms. The molecular formula is C21H22N2O5. The predicted molar refractivity (Wildman–Crippen MR) is 104 cm³/mol. The van der Waals surface area contributed by atoms with Crippen LogP contribution >= 0.6 is 0 Å². The molecule has 0 aromatic heterocycles. The third kappa shape index (κ3) is 5.09. The number of carbonyl (C=O) groups is 3. The zero-order valence-electron chi connectivity index (χ0n) is 15.6. The molecular weight excluding hydrogens is 360 g/mol. The van der Waals surface area contributed by atoms with Crippen molar-refractivity contribution in [2.24, 2.45) is 0 Å². The van der Waals surface area contributed by atoms with Gasteiger partial charge in [0.2, 0.25) is 5.91 Å². The normalized spacial score (nSPS) is 13.3. The third-order valence-electron chi connectivity index (χ3n) is 4.39. The molecule has 1 saturated heterocycles. The maximum atomic E-state index is 12.1. The quantitative estimate of drug-likeness (QED) is 0.744.